The molecule has 1 atom stereocenters. The number of nitrogens with one attached hydrogen (secondary N) is 1. The van der Waals surface area contributed by atoms with Gasteiger partial charge in [0.2, 0.25) is 5.95 Å². The van der Waals surface area contributed by atoms with Crippen molar-refractivity contribution in [2.45, 2.75) is 19.9 Å². The van der Waals surface area contributed by atoms with Gasteiger partial charge in [-0.25, -0.2) is 9.97 Å². The highest BCUT2D eigenvalue weighted by molar-refractivity contribution is 9.10. The van der Waals surface area contributed by atoms with E-state index in [0.717, 1.165) is 15.9 Å². The zero-order valence-corrected chi connectivity index (χ0v) is 10.9. The molecule has 0 aliphatic carbocycles. The number of anilines is 1. The molecule has 0 aliphatic heterocycles. The predicted octanol–water partition coefficient (Wildman–Crippen LogP) is 2.71. The minimum Gasteiger partial charge on any atom is -0.351 e. The number of aromatic nitrogens is 2. The molecule has 0 saturated carbocycles. The molecule has 0 amide bonds. The maximum atomic E-state index is 4.32. The molecule has 0 aromatic carbocycles. The van der Waals surface area contributed by atoms with Crippen molar-refractivity contribution in [1.29, 1.82) is 0 Å². The average Bonchev–Trinajstić information content (AvgIpc) is 2.12. The molecular formula is C9H14BrN3S. The summed E-state index contributed by atoms with van der Waals surface area (Å²) in [5, 5.41) is 3.25. The molecule has 0 fully saturated rings. The second kappa shape index (κ2) is 5.56. The van der Waals surface area contributed by atoms with Crippen LogP contribution in [0.4, 0.5) is 5.95 Å². The van der Waals surface area contributed by atoms with E-state index in [4.69, 9.17) is 0 Å². The van der Waals surface area contributed by atoms with Gasteiger partial charge in [-0.3, -0.25) is 0 Å². The zero-order valence-electron chi connectivity index (χ0n) is 8.54. The van der Waals surface area contributed by atoms with Gasteiger partial charge in [0.25, 0.3) is 0 Å². The van der Waals surface area contributed by atoms with Crippen LogP contribution in [0.25, 0.3) is 0 Å². The lowest BCUT2D eigenvalue weighted by molar-refractivity contribution is 0.881. The first kappa shape index (κ1) is 11.8. The van der Waals surface area contributed by atoms with Gasteiger partial charge in [-0.2, -0.15) is 11.8 Å². The minimum absolute atomic E-state index is 0.394. The second-order valence-corrected chi connectivity index (χ2v) is 4.89. The molecule has 1 aromatic rings. The van der Waals surface area contributed by atoms with Crippen LogP contribution in [0.15, 0.2) is 10.7 Å². The minimum atomic E-state index is 0.394. The molecule has 1 unspecified atom stereocenters. The second-order valence-electron chi connectivity index (χ2n) is 3.13. The molecule has 5 heteroatoms. The summed E-state index contributed by atoms with van der Waals surface area (Å²) in [5.74, 6) is 1.76. The molecular weight excluding hydrogens is 262 g/mol. The Balaban J connectivity index is 2.63. The van der Waals surface area contributed by atoms with Crippen LogP contribution in [0, 0.1) is 6.92 Å². The Labute approximate surface area is 97.2 Å². The quantitative estimate of drug-likeness (QED) is 0.917. The maximum Gasteiger partial charge on any atom is 0.223 e. The molecule has 0 bridgehead atoms. The number of thioether (sulfide) groups is 1. The lowest BCUT2D eigenvalue weighted by atomic mass is 10.4. The van der Waals surface area contributed by atoms with Gasteiger partial charge in [0, 0.05) is 18.0 Å². The average molecular weight is 276 g/mol. The normalized spacial score (nSPS) is 12.6. The monoisotopic (exact) mass is 275 g/mol. The van der Waals surface area contributed by atoms with Crippen molar-refractivity contribution in [2.75, 3.05) is 17.3 Å². The summed E-state index contributed by atoms with van der Waals surface area (Å²) in [5.41, 5.74) is 0.957. The summed E-state index contributed by atoms with van der Waals surface area (Å²) in [4.78, 5) is 8.50. The SMILES string of the molecule is CSCC(C)Nc1ncc(Br)c(C)n1. The molecule has 78 valence electrons. The summed E-state index contributed by atoms with van der Waals surface area (Å²) < 4.78 is 0.945. The van der Waals surface area contributed by atoms with Gasteiger partial charge in [0.1, 0.15) is 0 Å². The number of rotatable bonds is 4. The first-order valence-corrected chi connectivity index (χ1v) is 6.56. The van der Waals surface area contributed by atoms with Gasteiger partial charge in [0.15, 0.2) is 0 Å². The molecule has 0 aliphatic rings. The standard InChI is InChI=1S/C9H14BrN3S/c1-6(5-14-3)12-9-11-4-8(10)7(2)13-9/h4,6H,5H2,1-3H3,(H,11,12,13). The van der Waals surface area contributed by atoms with Crippen LogP contribution in [-0.4, -0.2) is 28.0 Å². The van der Waals surface area contributed by atoms with E-state index in [2.05, 4.69) is 44.4 Å². The van der Waals surface area contributed by atoms with Crippen LogP contribution in [0.5, 0.6) is 0 Å². The summed E-state index contributed by atoms with van der Waals surface area (Å²) in [7, 11) is 0. The third-order valence-electron chi connectivity index (χ3n) is 1.71. The third kappa shape index (κ3) is 3.46. The van der Waals surface area contributed by atoms with Crippen molar-refractivity contribution in [3.8, 4) is 0 Å². The van der Waals surface area contributed by atoms with Gasteiger partial charge in [-0.15, -0.1) is 0 Å². The van der Waals surface area contributed by atoms with Crippen LogP contribution < -0.4 is 5.32 Å². The van der Waals surface area contributed by atoms with Crippen LogP contribution >= 0.6 is 27.7 Å². The molecule has 1 rings (SSSR count). The lowest BCUT2D eigenvalue weighted by Crippen LogP contribution is -2.19. The molecule has 1 aromatic heterocycles. The first-order chi connectivity index (χ1) is 6.63. The number of hydrogen-bond donors (Lipinski definition) is 1. The van der Waals surface area contributed by atoms with Crippen molar-refractivity contribution in [2.24, 2.45) is 0 Å². The van der Waals surface area contributed by atoms with E-state index in [9.17, 15) is 0 Å². The zero-order chi connectivity index (χ0) is 10.6. The molecule has 0 saturated heterocycles. The number of hydrogen-bond acceptors (Lipinski definition) is 4. The maximum absolute atomic E-state index is 4.32. The van der Waals surface area contributed by atoms with Gasteiger partial charge < -0.3 is 5.32 Å². The molecule has 0 spiro atoms. The van der Waals surface area contributed by atoms with Crippen molar-refractivity contribution in [3.05, 3.63) is 16.4 Å². The van der Waals surface area contributed by atoms with Crippen LogP contribution in [0.2, 0.25) is 0 Å². The van der Waals surface area contributed by atoms with E-state index < -0.39 is 0 Å². The third-order valence-corrected chi connectivity index (χ3v) is 3.32. The fraction of sp³-hybridized carbons (Fsp3) is 0.556. The summed E-state index contributed by atoms with van der Waals surface area (Å²) in [6.07, 6.45) is 3.86. The Kier molecular flexibility index (Phi) is 4.68. The summed E-state index contributed by atoms with van der Waals surface area (Å²) >= 11 is 5.18. The fourth-order valence-corrected chi connectivity index (χ4v) is 1.81. The molecule has 1 N–H and O–H groups in total. The van der Waals surface area contributed by atoms with Crippen molar-refractivity contribution in [3.63, 3.8) is 0 Å². The van der Waals surface area contributed by atoms with Gasteiger partial charge >= 0.3 is 0 Å². The molecule has 3 nitrogen and oxygen atoms in total. The van der Waals surface area contributed by atoms with Crippen molar-refractivity contribution < 1.29 is 0 Å². The Hall–Kier alpha value is -0.290. The Morgan fingerprint density at radius 1 is 1.64 bits per heavy atom. The van der Waals surface area contributed by atoms with Crippen LogP contribution in [0.1, 0.15) is 12.6 Å². The largest absolute Gasteiger partial charge is 0.351 e. The van der Waals surface area contributed by atoms with Crippen molar-refractivity contribution >= 4 is 33.6 Å². The van der Waals surface area contributed by atoms with Crippen molar-refractivity contribution in [1.82, 2.24) is 9.97 Å². The highest BCUT2D eigenvalue weighted by Gasteiger charge is 2.04. The highest BCUT2D eigenvalue weighted by atomic mass is 79.9. The lowest BCUT2D eigenvalue weighted by Gasteiger charge is -2.12. The number of halogens is 1. The predicted molar refractivity (Wildman–Crippen MR) is 65.9 cm³/mol. The van der Waals surface area contributed by atoms with E-state index in [1.165, 1.54) is 0 Å². The highest BCUT2D eigenvalue weighted by Crippen LogP contribution is 2.14. The molecule has 1 heterocycles. The molecule has 0 radical (unpaired) electrons. The Morgan fingerprint density at radius 2 is 2.36 bits per heavy atom. The summed E-state index contributed by atoms with van der Waals surface area (Å²) in [6.45, 7) is 4.08. The molecule has 14 heavy (non-hydrogen) atoms. The smallest absolute Gasteiger partial charge is 0.223 e. The van der Waals surface area contributed by atoms with E-state index in [-0.39, 0.29) is 0 Å². The van der Waals surface area contributed by atoms with Gasteiger partial charge in [-0.05, 0) is 36.0 Å². The van der Waals surface area contributed by atoms with E-state index in [0.29, 0.717) is 12.0 Å². The Morgan fingerprint density at radius 3 is 2.93 bits per heavy atom. The summed E-state index contributed by atoms with van der Waals surface area (Å²) in [6, 6.07) is 0.394. The Bertz CT molecular complexity index is 306. The van der Waals surface area contributed by atoms with E-state index >= 15 is 0 Å². The van der Waals surface area contributed by atoms with Gasteiger partial charge in [0.05, 0.1) is 10.2 Å². The number of aryl methyl sites for hydroxylation is 1. The topological polar surface area (TPSA) is 37.8 Å². The van der Waals surface area contributed by atoms with E-state index in [1.54, 1.807) is 6.20 Å². The first-order valence-electron chi connectivity index (χ1n) is 4.38. The van der Waals surface area contributed by atoms with Crippen LogP contribution in [-0.2, 0) is 0 Å². The fourth-order valence-electron chi connectivity index (χ4n) is 1.03. The van der Waals surface area contributed by atoms with Gasteiger partial charge in [-0.1, -0.05) is 0 Å². The van der Waals surface area contributed by atoms with Crippen LogP contribution in [0.3, 0.4) is 0 Å². The van der Waals surface area contributed by atoms with E-state index in [1.807, 2.05) is 18.7 Å². The number of nitrogens with zero attached hydrogens (tertiary/aromatic N) is 2.